The molecule has 2 aliphatic rings. The number of hydrogen-bond donors (Lipinski definition) is 3. The minimum Gasteiger partial charge on any atom is -0.390 e. The molecule has 5 atom stereocenters. The van der Waals surface area contributed by atoms with Crippen LogP contribution in [-0.4, -0.2) is 53.1 Å². The normalized spacial score (nSPS) is 30.8. The summed E-state index contributed by atoms with van der Waals surface area (Å²) in [4.78, 5) is 12.8. The van der Waals surface area contributed by atoms with Gasteiger partial charge < -0.3 is 29.8 Å². The molecule has 4 heterocycles. The number of anilines is 1. The van der Waals surface area contributed by atoms with Crippen LogP contribution < -0.4 is 5.73 Å². The van der Waals surface area contributed by atoms with Crippen LogP contribution in [0.3, 0.4) is 0 Å². The summed E-state index contributed by atoms with van der Waals surface area (Å²) in [6.07, 6.45) is 4.34. The van der Waals surface area contributed by atoms with E-state index in [9.17, 15) is 10.2 Å². The zero-order valence-electron chi connectivity index (χ0n) is 17.1. The lowest BCUT2D eigenvalue weighted by atomic mass is 9.80. The Bertz CT molecular complexity index is 1300. The second-order valence-corrected chi connectivity index (χ2v) is 8.90. The van der Waals surface area contributed by atoms with E-state index in [0.717, 1.165) is 22.0 Å². The van der Waals surface area contributed by atoms with E-state index in [1.54, 1.807) is 6.33 Å². The van der Waals surface area contributed by atoms with Gasteiger partial charge >= 0.3 is 0 Å². The SMILES string of the molecule is Cn1cnc2cc([C@H]3C[C@@]4(CO3)C[C@@H](n3ccc5c(N)ncnc53)[C@H](O)[C@@H]4O)ccc21. The molecule has 0 radical (unpaired) electrons. The van der Waals surface area contributed by atoms with Crippen molar-refractivity contribution in [2.45, 2.75) is 37.2 Å². The van der Waals surface area contributed by atoms with Gasteiger partial charge in [-0.1, -0.05) is 6.07 Å². The Morgan fingerprint density at radius 3 is 2.90 bits per heavy atom. The molecule has 1 spiro atoms. The highest BCUT2D eigenvalue weighted by Gasteiger charge is 2.57. The maximum Gasteiger partial charge on any atom is 0.145 e. The molecule has 9 nitrogen and oxygen atoms in total. The Kier molecular flexibility index (Phi) is 3.92. The molecule has 0 amide bonds. The monoisotopic (exact) mass is 420 g/mol. The van der Waals surface area contributed by atoms with Gasteiger partial charge in [0.25, 0.3) is 0 Å². The van der Waals surface area contributed by atoms with Gasteiger partial charge in [0.2, 0.25) is 0 Å². The largest absolute Gasteiger partial charge is 0.390 e. The van der Waals surface area contributed by atoms with Gasteiger partial charge in [-0.2, -0.15) is 0 Å². The molecule has 4 aromatic rings. The third-order valence-corrected chi connectivity index (χ3v) is 7.14. The minimum absolute atomic E-state index is 0.147. The number of benzene rings is 1. The number of nitrogen functional groups attached to an aromatic ring is 1. The van der Waals surface area contributed by atoms with Crippen molar-refractivity contribution in [3.8, 4) is 0 Å². The van der Waals surface area contributed by atoms with Gasteiger partial charge in [-0.05, 0) is 36.6 Å². The lowest BCUT2D eigenvalue weighted by Crippen LogP contribution is -2.37. The van der Waals surface area contributed by atoms with Crippen molar-refractivity contribution < 1.29 is 14.9 Å². The van der Waals surface area contributed by atoms with Gasteiger partial charge in [0.05, 0.1) is 47.6 Å². The molecule has 0 unspecified atom stereocenters. The van der Waals surface area contributed by atoms with Gasteiger partial charge in [0, 0.05) is 18.7 Å². The number of aliphatic hydroxyl groups is 2. The quantitative estimate of drug-likeness (QED) is 0.451. The third-order valence-electron chi connectivity index (χ3n) is 7.14. The molecule has 2 fully saturated rings. The van der Waals surface area contributed by atoms with Crippen LogP contribution in [-0.2, 0) is 11.8 Å². The smallest absolute Gasteiger partial charge is 0.145 e. The first-order chi connectivity index (χ1) is 15.0. The van der Waals surface area contributed by atoms with E-state index >= 15 is 0 Å². The summed E-state index contributed by atoms with van der Waals surface area (Å²) in [5, 5.41) is 22.8. The second-order valence-electron chi connectivity index (χ2n) is 8.90. The van der Waals surface area contributed by atoms with Crippen molar-refractivity contribution in [1.29, 1.82) is 0 Å². The average molecular weight is 420 g/mol. The summed E-state index contributed by atoms with van der Waals surface area (Å²) in [5.74, 6) is 0.403. The van der Waals surface area contributed by atoms with E-state index in [2.05, 4.69) is 21.0 Å². The summed E-state index contributed by atoms with van der Waals surface area (Å²) in [5.41, 5.74) is 9.13. The molecular weight excluding hydrogens is 396 g/mol. The van der Waals surface area contributed by atoms with E-state index in [4.69, 9.17) is 10.5 Å². The molecule has 3 aromatic heterocycles. The number of aromatic nitrogens is 5. The first-order valence-corrected chi connectivity index (χ1v) is 10.4. The van der Waals surface area contributed by atoms with Crippen molar-refractivity contribution in [3.63, 3.8) is 0 Å². The molecule has 1 aliphatic heterocycles. The molecular formula is C22H24N6O3. The van der Waals surface area contributed by atoms with Crippen molar-refractivity contribution in [1.82, 2.24) is 24.1 Å². The number of rotatable bonds is 2. The first-order valence-electron chi connectivity index (χ1n) is 10.4. The number of aliphatic hydroxyl groups excluding tert-OH is 2. The maximum atomic E-state index is 11.1. The number of nitrogens with two attached hydrogens (primary N) is 1. The fraction of sp³-hybridized carbons (Fsp3) is 0.409. The molecule has 1 saturated heterocycles. The van der Waals surface area contributed by atoms with E-state index in [0.29, 0.717) is 30.9 Å². The molecule has 1 aliphatic carbocycles. The lowest BCUT2D eigenvalue weighted by molar-refractivity contribution is -0.0309. The summed E-state index contributed by atoms with van der Waals surface area (Å²) >= 11 is 0. The topological polar surface area (TPSA) is 124 Å². The third kappa shape index (κ3) is 2.63. The predicted molar refractivity (Wildman–Crippen MR) is 114 cm³/mol. The van der Waals surface area contributed by atoms with Crippen LogP contribution in [0.25, 0.3) is 22.1 Å². The van der Waals surface area contributed by atoms with Crippen LogP contribution in [0.15, 0.2) is 43.1 Å². The first kappa shape index (κ1) is 18.7. The number of imidazole rings is 1. The van der Waals surface area contributed by atoms with E-state index < -0.39 is 17.6 Å². The number of aryl methyl sites for hydroxylation is 1. The number of fused-ring (bicyclic) bond motifs is 2. The summed E-state index contributed by atoms with van der Waals surface area (Å²) < 4.78 is 10.1. The molecule has 6 rings (SSSR count). The highest BCUT2D eigenvalue weighted by molar-refractivity contribution is 5.86. The molecule has 9 heteroatoms. The highest BCUT2D eigenvalue weighted by Crippen LogP contribution is 2.54. The fourth-order valence-electron chi connectivity index (χ4n) is 5.42. The Hall–Kier alpha value is -3.01. The Balaban J connectivity index is 1.31. The van der Waals surface area contributed by atoms with Gasteiger partial charge in [0.1, 0.15) is 23.9 Å². The van der Waals surface area contributed by atoms with Crippen molar-refractivity contribution >= 4 is 27.9 Å². The maximum absolute atomic E-state index is 11.1. The van der Waals surface area contributed by atoms with Crippen LogP contribution >= 0.6 is 0 Å². The van der Waals surface area contributed by atoms with Crippen LogP contribution in [0.4, 0.5) is 5.82 Å². The lowest BCUT2D eigenvalue weighted by Gasteiger charge is -2.26. The Labute approximate surface area is 178 Å². The molecule has 0 bridgehead atoms. The van der Waals surface area contributed by atoms with E-state index in [1.165, 1.54) is 6.33 Å². The van der Waals surface area contributed by atoms with Crippen LogP contribution in [0.2, 0.25) is 0 Å². The number of hydrogen-bond acceptors (Lipinski definition) is 7. The van der Waals surface area contributed by atoms with Gasteiger partial charge in [-0.25, -0.2) is 15.0 Å². The molecule has 1 aromatic carbocycles. The summed E-state index contributed by atoms with van der Waals surface area (Å²) in [7, 11) is 1.97. The van der Waals surface area contributed by atoms with Gasteiger partial charge in [-0.15, -0.1) is 0 Å². The van der Waals surface area contributed by atoms with Crippen molar-refractivity contribution in [2.24, 2.45) is 12.5 Å². The fourth-order valence-corrected chi connectivity index (χ4v) is 5.42. The van der Waals surface area contributed by atoms with Crippen molar-refractivity contribution in [3.05, 3.63) is 48.7 Å². The summed E-state index contributed by atoms with van der Waals surface area (Å²) in [6.45, 7) is 0.392. The minimum atomic E-state index is -0.924. The van der Waals surface area contributed by atoms with Crippen molar-refractivity contribution in [2.75, 3.05) is 12.3 Å². The van der Waals surface area contributed by atoms with Gasteiger partial charge in [-0.3, -0.25) is 0 Å². The van der Waals surface area contributed by atoms with Crippen LogP contribution in [0, 0.1) is 5.41 Å². The standard InChI is InChI=1S/C22H24N6O3/c1-27-11-26-14-6-12(2-3-15(14)27)17-8-22(9-31-17)7-16(18(29)19(22)30)28-5-4-13-20(23)24-10-25-21(13)28/h2-6,10-11,16-19,29-30H,7-9H2,1H3,(H2,23,24,25)/t16-,17-,18+,19+,22-/m1/s1. The van der Waals surface area contributed by atoms with E-state index in [-0.39, 0.29) is 12.1 Å². The zero-order chi connectivity index (χ0) is 21.3. The van der Waals surface area contributed by atoms with Crippen LogP contribution in [0.5, 0.6) is 0 Å². The molecule has 4 N–H and O–H groups in total. The summed E-state index contributed by atoms with van der Waals surface area (Å²) in [6, 6.07) is 7.69. The van der Waals surface area contributed by atoms with Gasteiger partial charge in [0.15, 0.2) is 0 Å². The second kappa shape index (κ2) is 6.49. The average Bonchev–Trinajstić information content (AvgIpc) is 3.53. The predicted octanol–water partition coefficient (Wildman–Crippen LogP) is 1.71. The molecule has 31 heavy (non-hydrogen) atoms. The number of nitrogens with zero attached hydrogens (tertiary/aromatic N) is 5. The van der Waals surface area contributed by atoms with E-state index in [1.807, 2.05) is 40.6 Å². The number of ether oxygens (including phenoxy) is 1. The Morgan fingerprint density at radius 1 is 1.16 bits per heavy atom. The zero-order valence-corrected chi connectivity index (χ0v) is 17.1. The highest BCUT2D eigenvalue weighted by atomic mass is 16.5. The Morgan fingerprint density at radius 2 is 2.03 bits per heavy atom. The van der Waals surface area contributed by atoms with Crippen LogP contribution in [0.1, 0.15) is 30.6 Å². The molecule has 160 valence electrons. The molecule has 1 saturated carbocycles.